The van der Waals surface area contributed by atoms with Gasteiger partial charge in [0.05, 0.1) is 17.7 Å². The van der Waals surface area contributed by atoms with Crippen LogP contribution in [0, 0.1) is 0 Å². The number of halogens is 1. The molecule has 0 radical (unpaired) electrons. The predicted octanol–water partition coefficient (Wildman–Crippen LogP) is 3.54. The molecule has 150 valence electrons. The van der Waals surface area contributed by atoms with E-state index in [0.29, 0.717) is 17.3 Å². The number of hydrogen-bond acceptors (Lipinski definition) is 5. The Bertz CT molecular complexity index is 671. The van der Waals surface area contributed by atoms with E-state index in [1.807, 2.05) is 48.5 Å². The zero-order chi connectivity index (χ0) is 20.5. The van der Waals surface area contributed by atoms with Gasteiger partial charge in [-0.3, -0.25) is 0 Å². The van der Waals surface area contributed by atoms with Gasteiger partial charge in [-0.05, 0) is 66.7 Å². The molecule has 1 saturated heterocycles. The first-order valence-corrected chi connectivity index (χ1v) is 9.43. The van der Waals surface area contributed by atoms with Crippen molar-refractivity contribution < 1.29 is 23.6 Å². The number of benzene rings is 1. The molecule has 0 atom stereocenters. The maximum Gasteiger partial charge on any atom is 0.498 e. The lowest BCUT2D eigenvalue weighted by atomic mass is 9.78. The highest BCUT2D eigenvalue weighted by molar-refractivity contribution is 6.63. The van der Waals surface area contributed by atoms with Crippen molar-refractivity contribution in [1.29, 1.82) is 0 Å². The van der Waals surface area contributed by atoms with Crippen LogP contribution in [0.1, 0.15) is 48.5 Å². The zero-order valence-corrected chi connectivity index (χ0v) is 17.9. The van der Waals surface area contributed by atoms with Crippen LogP contribution in [0.4, 0.5) is 4.79 Å². The molecule has 1 aromatic rings. The number of nitrogens with one attached hydrogen (secondary N) is 1. The van der Waals surface area contributed by atoms with E-state index in [4.69, 9.17) is 30.4 Å². The monoisotopic (exact) mass is 397 g/mol. The highest BCUT2D eigenvalue weighted by Crippen LogP contribution is 2.37. The maximum absolute atomic E-state index is 11.7. The lowest BCUT2D eigenvalue weighted by Crippen LogP contribution is -2.41. The molecule has 8 heteroatoms. The molecule has 1 aromatic carbocycles. The normalized spacial score (nSPS) is 18.3. The Labute approximate surface area is 167 Å². The summed E-state index contributed by atoms with van der Waals surface area (Å²) in [6.07, 6.45) is -0.478. The first kappa shape index (κ1) is 21.9. The Kier molecular flexibility index (Phi) is 6.39. The van der Waals surface area contributed by atoms with Gasteiger partial charge in [0, 0.05) is 10.5 Å². The van der Waals surface area contributed by atoms with Gasteiger partial charge in [-0.1, -0.05) is 11.6 Å². The standard InChI is InChI=1S/C19H29BClNO5/c1-17(2,3)25-16(23)22-10-11-24-15-9-8-13(21)12-14(15)20-26-18(4,5)19(6,7)27-20/h8-9,12H,10-11H2,1-7H3,(H,22,23). The van der Waals surface area contributed by atoms with Crippen molar-refractivity contribution in [2.24, 2.45) is 0 Å². The molecule has 1 N–H and O–H groups in total. The molecule has 1 heterocycles. The van der Waals surface area contributed by atoms with E-state index in [1.54, 1.807) is 18.2 Å². The molecule has 0 bridgehead atoms. The number of rotatable bonds is 5. The fourth-order valence-corrected chi connectivity index (χ4v) is 2.61. The van der Waals surface area contributed by atoms with Gasteiger partial charge in [-0.15, -0.1) is 0 Å². The third kappa shape index (κ3) is 5.77. The van der Waals surface area contributed by atoms with Gasteiger partial charge >= 0.3 is 13.2 Å². The summed E-state index contributed by atoms with van der Waals surface area (Å²) in [6, 6.07) is 5.30. The summed E-state index contributed by atoms with van der Waals surface area (Å²) in [4.78, 5) is 11.7. The second-order valence-corrected chi connectivity index (χ2v) is 8.98. The third-order valence-electron chi connectivity index (χ3n) is 4.51. The third-order valence-corrected chi connectivity index (χ3v) is 4.74. The predicted molar refractivity (Wildman–Crippen MR) is 107 cm³/mol. The SMILES string of the molecule is CC(C)(C)OC(=O)NCCOc1ccc(Cl)cc1B1OC(C)(C)C(C)(C)O1. The summed E-state index contributed by atoms with van der Waals surface area (Å²) < 4.78 is 23.2. The minimum absolute atomic E-state index is 0.271. The van der Waals surface area contributed by atoms with Gasteiger partial charge in [0.1, 0.15) is 18.0 Å². The molecule has 1 aliphatic rings. The summed E-state index contributed by atoms with van der Waals surface area (Å²) >= 11 is 6.16. The molecule has 1 fully saturated rings. The van der Waals surface area contributed by atoms with E-state index >= 15 is 0 Å². The summed E-state index contributed by atoms with van der Waals surface area (Å²) in [7, 11) is -0.581. The topological polar surface area (TPSA) is 66.0 Å². The zero-order valence-electron chi connectivity index (χ0n) is 17.1. The van der Waals surface area contributed by atoms with Crippen molar-refractivity contribution in [3.8, 4) is 5.75 Å². The van der Waals surface area contributed by atoms with Crippen molar-refractivity contribution >= 4 is 30.3 Å². The largest absolute Gasteiger partial charge is 0.498 e. The molecular formula is C19H29BClNO5. The van der Waals surface area contributed by atoms with Crippen molar-refractivity contribution in [2.75, 3.05) is 13.2 Å². The highest BCUT2D eigenvalue weighted by atomic mass is 35.5. The summed E-state index contributed by atoms with van der Waals surface area (Å²) in [5.41, 5.74) is -0.741. The second kappa shape index (κ2) is 7.90. The molecule has 27 heavy (non-hydrogen) atoms. The molecule has 0 spiro atoms. The molecular weight excluding hydrogens is 368 g/mol. The Balaban J connectivity index is 2.00. The van der Waals surface area contributed by atoms with E-state index in [0.717, 1.165) is 5.46 Å². The minimum Gasteiger partial charge on any atom is -0.492 e. The molecule has 1 amide bonds. The quantitative estimate of drug-likeness (QED) is 0.608. The second-order valence-electron chi connectivity index (χ2n) is 8.55. The van der Waals surface area contributed by atoms with Crippen LogP contribution in [0.5, 0.6) is 5.75 Å². The molecule has 2 rings (SSSR count). The summed E-state index contributed by atoms with van der Waals surface area (Å²) in [5, 5.41) is 3.23. The van der Waals surface area contributed by atoms with E-state index in [-0.39, 0.29) is 6.61 Å². The van der Waals surface area contributed by atoms with E-state index < -0.39 is 30.0 Å². The maximum atomic E-state index is 11.7. The van der Waals surface area contributed by atoms with Gasteiger partial charge in [0.2, 0.25) is 0 Å². The smallest absolute Gasteiger partial charge is 0.492 e. The van der Waals surface area contributed by atoms with Crippen LogP contribution in [0.2, 0.25) is 5.02 Å². The number of carbonyl (C=O) groups is 1. The average molecular weight is 398 g/mol. The van der Waals surface area contributed by atoms with Gasteiger partial charge in [-0.2, -0.15) is 0 Å². The first-order valence-electron chi connectivity index (χ1n) is 9.05. The number of ether oxygens (including phenoxy) is 2. The molecule has 1 aliphatic heterocycles. The van der Waals surface area contributed by atoms with Gasteiger partial charge < -0.3 is 24.1 Å². The van der Waals surface area contributed by atoms with Crippen molar-refractivity contribution in [3.05, 3.63) is 23.2 Å². The van der Waals surface area contributed by atoms with Crippen molar-refractivity contribution in [3.63, 3.8) is 0 Å². The Morgan fingerprint density at radius 3 is 2.33 bits per heavy atom. The van der Waals surface area contributed by atoms with Crippen LogP contribution in [0.15, 0.2) is 18.2 Å². The van der Waals surface area contributed by atoms with Crippen LogP contribution in [0.25, 0.3) is 0 Å². The number of amides is 1. The Morgan fingerprint density at radius 2 is 1.78 bits per heavy atom. The van der Waals surface area contributed by atoms with Crippen molar-refractivity contribution in [2.45, 2.75) is 65.3 Å². The van der Waals surface area contributed by atoms with Crippen LogP contribution < -0.4 is 15.5 Å². The summed E-state index contributed by atoms with van der Waals surface area (Å²) in [6.45, 7) is 14.0. The molecule has 0 saturated carbocycles. The fraction of sp³-hybridized carbons (Fsp3) is 0.632. The van der Waals surface area contributed by atoms with Crippen LogP contribution in [-0.4, -0.2) is 43.2 Å². The molecule has 0 unspecified atom stereocenters. The molecule has 6 nitrogen and oxygen atoms in total. The minimum atomic E-state index is -0.581. The fourth-order valence-electron chi connectivity index (χ4n) is 2.43. The van der Waals surface area contributed by atoms with Gasteiger partial charge in [-0.25, -0.2) is 4.79 Å². The Hall–Kier alpha value is -1.44. The van der Waals surface area contributed by atoms with Crippen molar-refractivity contribution in [1.82, 2.24) is 5.32 Å². The number of carbonyl (C=O) groups excluding carboxylic acids is 1. The molecule has 0 aromatic heterocycles. The van der Waals surface area contributed by atoms with Gasteiger partial charge in [0.25, 0.3) is 0 Å². The molecule has 0 aliphatic carbocycles. The van der Waals surface area contributed by atoms with Crippen LogP contribution in [0.3, 0.4) is 0 Å². The lowest BCUT2D eigenvalue weighted by molar-refractivity contribution is 0.00578. The van der Waals surface area contributed by atoms with E-state index in [1.165, 1.54) is 0 Å². The average Bonchev–Trinajstić information content (AvgIpc) is 2.71. The lowest BCUT2D eigenvalue weighted by Gasteiger charge is -2.32. The van der Waals surface area contributed by atoms with Crippen LogP contribution in [-0.2, 0) is 14.0 Å². The first-order chi connectivity index (χ1) is 12.3. The number of hydrogen-bond donors (Lipinski definition) is 1. The Morgan fingerprint density at radius 1 is 1.19 bits per heavy atom. The van der Waals surface area contributed by atoms with E-state index in [9.17, 15) is 4.79 Å². The highest BCUT2D eigenvalue weighted by Gasteiger charge is 2.52. The van der Waals surface area contributed by atoms with Crippen LogP contribution >= 0.6 is 11.6 Å². The summed E-state index contributed by atoms with van der Waals surface area (Å²) in [5.74, 6) is 0.601. The number of alkyl carbamates (subject to hydrolysis) is 1. The van der Waals surface area contributed by atoms with E-state index in [2.05, 4.69) is 5.32 Å². The van der Waals surface area contributed by atoms with Gasteiger partial charge in [0.15, 0.2) is 0 Å².